The maximum absolute atomic E-state index is 10.7. The van der Waals surface area contributed by atoms with Crippen molar-refractivity contribution in [2.24, 2.45) is 0 Å². The molecule has 4 rings (SSSR count). The molecule has 232 valence electrons. The van der Waals surface area contributed by atoms with Gasteiger partial charge in [0, 0.05) is 33.7 Å². The number of rotatable bonds is 10. The maximum atomic E-state index is 10.7. The van der Waals surface area contributed by atoms with Gasteiger partial charge in [-0.3, -0.25) is 28.6 Å². The summed E-state index contributed by atoms with van der Waals surface area (Å²) in [6.07, 6.45) is 9.47. The van der Waals surface area contributed by atoms with Crippen LogP contribution in [0.3, 0.4) is 0 Å². The van der Waals surface area contributed by atoms with Crippen LogP contribution >= 0.6 is 0 Å². The smallest absolute Gasteiger partial charge is 0.345 e. The van der Waals surface area contributed by atoms with Gasteiger partial charge in [-0.05, 0) is 46.8 Å². The Bertz CT molecular complexity index is 1340. The number of benzene rings is 2. The lowest BCUT2D eigenvalue weighted by atomic mass is 10.0. The first-order valence-corrected chi connectivity index (χ1v) is 16.6. The van der Waals surface area contributed by atoms with Crippen molar-refractivity contribution in [3.05, 3.63) is 140 Å². The van der Waals surface area contributed by atoms with Gasteiger partial charge in [-0.2, -0.15) is 0 Å². The first kappa shape index (κ1) is 35.9. The molecular formula is C28H32N2O10S3. The minimum Gasteiger partial charge on any atom is -0.759 e. The quantitative estimate of drug-likeness (QED) is 0.0728. The van der Waals surface area contributed by atoms with E-state index < -0.39 is 31.7 Å². The highest BCUT2D eigenvalue weighted by Gasteiger charge is 2.38. The van der Waals surface area contributed by atoms with Crippen LogP contribution in [-0.4, -0.2) is 60.5 Å². The van der Waals surface area contributed by atoms with Crippen LogP contribution in [0.15, 0.2) is 108 Å². The zero-order chi connectivity index (χ0) is 31.9. The highest BCUT2D eigenvalue weighted by atomic mass is 32.3. The zero-order valence-electron chi connectivity index (χ0n) is 22.8. The van der Waals surface area contributed by atoms with Crippen LogP contribution in [0.1, 0.15) is 24.0 Å². The van der Waals surface area contributed by atoms with Crippen LogP contribution in [0.4, 0.5) is 0 Å². The Hall–Kier alpha value is -3.31. The van der Waals surface area contributed by atoms with Crippen LogP contribution in [0.2, 0.25) is 0 Å². The number of allylic oxidation sites excluding steroid dienone is 2. The van der Waals surface area contributed by atoms with Gasteiger partial charge in [0.15, 0.2) is 0 Å². The number of nitrogens with zero attached hydrogens (tertiary/aromatic N) is 2. The third-order valence-corrected chi connectivity index (χ3v) is 8.31. The molecule has 0 saturated heterocycles. The second-order valence-corrected chi connectivity index (χ2v) is 12.3. The van der Waals surface area contributed by atoms with Crippen molar-refractivity contribution in [3.63, 3.8) is 0 Å². The molecule has 2 aromatic carbocycles. The van der Waals surface area contributed by atoms with Gasteiger partial charge in [-0.1, -0.05) is 72.8 Å². The Labute approximate surface area is 257 Å². The molecule has 0 aromatic heterocycles. The fraction of sp³-hybridized carbons (Fsp3) is 0.286. The van der Waals surface area contributed by atoms with Gasteiger partial charge in [0.25, 0.3) is 0 Å². The predicted octanol–water partition coefficient (Wildman–Crippen LogP) is 2.37. The molecule has 2 N–H and O–H groups in total. The SMILES string of the molecule is O=S(=O)([O-])[O-].O=[N+]([O-])C1(O)C=CC(C[SH+]Cc2ccccc2)=CC1.O=[N+]([O-])C1(O)C=CC(C[SH+]Cc2ccccc2)=CC1. The molecule has 0 heterocycles. The van der Waals surface area contributed by atoms with Crippen LogP contribution < -0.4 is 0 Å². The molecule has 0 bridgehead atoms. The zero-order valence-corrected chi connectivity index (χ0v) is 25.4. The molecule has 2 unspecified atom stereocenters. The molecule has 43 heavy (non-hydrogen) atoms. The van der Waals surface area contributed by atoms with E-state index in [1.807, 2.05) is 36.4 Å². The highest BCUT2D eigenvalue weighted by molar-refractivity contribution is 7.79. The molecule has 0 amide bonds. The average molecular weight is 653 g/mol. The van der Waals surface area contributed by atoms with Crippen molar-refractivity contribution in [1.82, 2.24) is 0 Å². The van der Waals surface area contributed by atoms with Crippen molar-refractivity contribution in [3.8, 4) is 0 Å². The van der Waals surface area contributed by atoms with Crippen molar-refractivity contribution in [2.75, 3.05) is 11.5 Å². The summed E-state index contributed by atoms with van der Waals surface area (Å²) in [6, 6.07) is 20.4. The monoisotopic (exact) mass is 652 g/mol. The third kappa shape index (κ3) is 14.1. The Morgan fingerprint density at radius 3 is 1.26 bits per heavy atom. The van der Waals surface area contributed by atoms with Crippen molar-refractivity contribution in [2.45, 2.75) is 35.8 Å². The average Bonchev–Trinajstić information content (AvgIpc) is 2.96. The number of hydrogen-bond donors (Lipinski definition) is 2. The molecule has 15 heteroatoms. The van der Waals surface area contributed by atoms with Crippen molar-refractivity contribution in [1.29, 1.82) is 0 Å². The molecule has 0 radical (unpaired) electrons. The molecule has 2 aliphatic carbocycles. The fourth-order valence-corrected chi connectivity index (χ4v) is 5.76. The standard InChI is InChI=1S/2C14H15NO3S.H2O4S/c2*16-14(15(17)18)8-6-13(7-9-14)11-19-10-12-4-2-1-3-5-12;1-5(2,3)4/h2*1-8,16H,9-11H2;(H2,1,2,3,4). The normalized spacial score (nSPS) is 20.8. The highest BCUT2D eigenvalue weighted by Crippen LogP contribution is 2.23. The van der Waals surface area contributed by atoms with Gasteiger partial charge in [0.1, 0.15) is 23.0 Å². The van der Waals surface area contributed by atoms with Gasteiger partial charge in [-0.15, -0.1) is 0 Å². The molecule has 0 fully saturated rings. The van der Waals surface area contributed by atoms with E-state index >= 15 is 0 Å². The molecule has 0 aliphatic heterocycles. The van der Waals surface area contributed by atoms with E-state index in [0.29, 0.717) is 0 Å². The Kier molecular flexibility index (Phi) is 14.3. The van der Waals surface area contributed by atoms with E-state index in [1.54, 1.807) is 24.3 Å². The molecule has 2 aliphatic rings. The molecule has 2 atom stereocenters. The molecule has 0 saturated carbocycles. The number of thiol groups is 2. The van der Waals surface area contributed by atoms with Crippen LogP contribution in [0.25, 0.3) is 0 Å². The minimum absolute atomic E-state index is 0.0483. The van der Waals surface area contributed by atoms with E-state index in [2.05, 4.69) is 24.3 Å². The minimum atomic E-state index is -5.17. The fourth-order valence-electron chi connectivity index (χ4n) is 3.62. The second-order valence-electron chi connectivity index (χ2n) is 9.36. The van der Waals surface area contributed by atoms with Crippen molar-refractivity contribution < 1.29 is 37.6 Å². The lowest BCUT2D eigenvalue weighted by Gasteiger charge is -2.16. The first-order chi connectivity index (χ1) is 20.2. The molecular weight excluding hydrogens is 621 g/mol. The van der Waals surface area contributed by atoms with Crippen LogP contribution in [0.5, 0.6) is 0 Å². The summed E-state index contributed by atoms with van der Waals surface area (Å²) in [5.74, 6) is 3.62. The Morgan fingerprint density at radius 2 is 1.00 bits per heavy atom. The summed E-state index contributed by atoms with van der Waals surface area (Å²) in [5, 5.41) is 40.6. The van der Waals surface area contributed by atoms with E-state index in [1.165, 1.54) is 46.8 Å². The van der Waals surface area contributed by atoms with E-state index in [9.17, 15) is 30.4 Å². The Morgan fingerprint density at radius 1 is 0.674 bits per heavy atom. The van der Waals surface area contributed by atoms with Crippen molar-refractivity contribution >= 4 is 33.9 Å². The topological polar surface area (TPSA) is 207 Å². The first-order valence-electron chi connectivity index (χ1n) is 12.7. The lowest BCUT2D eigenvalue weighted by Crippen LogP contribution is -2.36. The largest absolute Gasteiger partial charge is 0.759 e. The summed E-state index contributed by atoms with van der Waals surface area (Å²) < 4.78 is 34.1. The lowest BCUT2D eigenvalue weighted by molar-refractivity contribution is -0.607. The van der Waals surface area contributed by atoms with E-state index in [4.69, 9.17) is 17.5 Å². The van der Waals surface area contributed by atoms with E-state index in [-0.39, 0.29) is 12.8 Å². The number of hydrogen-bond acceptors (Lipinski definition) is 10. The van der Waals surface area contributed by atoms with Crippen LogP contribution in [0, 0.1) is 20.2 Å². The van der Waals surface area contributed by atoms with E-state index in [0.717, 1.165) is 34.2 Å². The van der Waals surface area contributed by atoms with Gasteiger partial charge in [-0.25, -0.2) is 0 Å². The maximum Gasteiger partial charge on any atom is 0.345 e. The summed E-state index contributed by atoms with van der Waals surface area (Å²) in [4.78, 5) is 20.0. The third-order valence-electron chi connectivity index (χ3n) is 5.95. The summed E-state index contributed by atoms with van der Waals surface area (Å²) in [5.41, 5.74) is 0.825. The summed E-state index contributed by atoms with van der Waals surface area (Å²) in [7, 11) is -5.17. The van der Waals surface area contributed by atoms with Gasteiger partial charge in [0.05, 0.1) is 22.7 Å². The van der Waals surface area contributed by atoms with Gasteiger partial charge in [0.2, 0.25) is 0 Å². The number of aliphatic hydroxyl groups is 2. The van der Waals surface area contributed by atoms with Gasteiger partial charge >= 0.3 is 11.4 Å². The molecule has 12 nitrogen and oxygen atoms in total. The predicted molar refractivity (Wildman–Crippen MR) is 166 cm³/mol. The Balaban J connectivity index is 0.000000260. The van der Waals surface area contributed by atoms with Gasteiger partial charge < -0.3 is 19.3 Å². The molecule has 0 spiro atoms. The van der Waals surface area contributed by atoms with Crippen LogP contribution in [-0.2, 0) is 45.4 Å². The summed E-state index contributed by atoms with van der Waals surface area (Å²) in [6.45, 7) is 0. The molecule has 2 aromatic rings. The number of nitro groups is 2. The second kappa shape index (κ2) is 17.1. The summed E-state index contributed by atoms with van der Waals surface area (Å²) >= 11 is 2.50.